The lowest BCUT2D eigenvalue weighted by atomic mass is 9.85. The summed E-state index contributed by atoms with van der Waals surface area (Å²) in [5, 5.41) is 50.3. The van der Waals surface area contributed by atoms with E-state index >= 15 is 0 Å². The maximum Gasteiger partial charge on any atom is 0.472 e. The van der Waals surface area contributed by atoms with E-state index in [-0.39, 0.29) is 12.8 Å². The van der Waals surface area contributed by atoms with Crippen LogP contribution in [0.15, 0.2) is 0 Å². The maximum atomic E-state index is 12.9. The molecule has 386 valence electrons. The first-order valence-corrected chi connectivity index (χ1v) is 28.3. The van der Waals surface area contributed by atoms with Crippen LogP contribution in [0.25, 0.3) is 0 Å². The van der Waals surface area contributed by atoms with Crippen LogP contribution in [0.4, 0.5) is 0 Å². The van der Waals surface area contributed by atoms with Crippen molar-refractivity contribution in [3.63, 3.8) is 0 Å². The molecular weight excluding hydrogens is 852 g/mol. The number of esters is 2. The molecule has 0 radical (unpaired) electrons. The van der Waals surface area contributed by atoms with Crippen LogP contribution in [-0.2, 0) is 32.7 Å². The summed E-state index contributed by atoms with van der Waals surface area (Å²) in [6.07, 6.45) is 31.5. The van der Waals surface area contributed by atoms with E-state index in [1.807, 2.05) is 0 Å². The van der Waals surface area contributed by atoms with Gasteiger partial charge in [0.15, 0.2) is 6.10 Å². The first kappa shape index (κ1) is 61.9. The van der Waals surface area contributed by atoms with Gasteiger partial charge in [-0.25, -0.2) is 4.57 Å². The van der Waals surface area contributed by atoms with Crippen molar-refractivity contribution >= 4 is 19.8 Å². The van der Waals surface area contributed by atoms with Gasteiger partial charge in [0.05, 0.1) is 6.61 Å². The van der Waals surface area contributed by atoms with Gasteiger partial charge in [-0.3, -0.25) is 18.6 Å². The number of carbonyl (C=O) groups is 2. The van der Waals surface area contributed by atoms with Crippen molar-refractivity contribution in [2.24, 2.45) is 0 Å². The molecule has 0 aliphatic heterocycles. The molecule has 6 unspecified atom stereocenters. The molecule has 1 saturated carbocycles. The number of phosphoric acid groups is 1. The molecule has 1 fully saturated rings. The topological polar surface area (TPSA) is 210 Å². The average Bonchev–Trinajstić information content (AvgIpc) is 3.29. The van der Waals surface area contributed by atoms with Crippen LogP contribution >= 0.6 is 7.82 Å². The van der Waals surface area contributed by atoms with Gasteiger partial charge in [0.25, 0.3) is 0 Å². The second kappa shape index (κ2) is 41.8. The third kappa shape index (κ3) is 33.9. The van der Waals surface area contributed by atoms with Crippen LogP contribution < -0.4 is 0 Å². The van der Waals surface area contributed by atoms with Gasteiger partial charge in [-0.1, -0.05) is 232 Å². The summed E-state index contributed by atoms with van der Waals surface area (Å²) in [6.45, 7) is 3.36. The van der Waals surface area contributed by atoms with Gasteiger partial charge in [0, 0.05) is 12.8 Å². The lowest BCUT2D eigenvalue weighted by Crippen LogP contribution is -2.64. The Kier molecular flexibility index (Phi) is 39.8. The quantitative estimate of drug-likeness (QED) is 0.0191. The first-order valence-electron chi connectivity index (χ1n) is 26.8. The zero-order valence-electron chi connectivity index (χ0n) is 41.3. The van der Waals surface area contributed by atoms with E-state index in [0.29, 0.717) is 12.8 Å². The standard InChI is InChI=1S/C51H99O13P/c1-3-5-7-9-11-13-15-17-19-21-22-23-24-26-28-30-32-34-36-38-40-45(53)63-43(42-62-65(59,60)64-51-49(57)47(55)46(54)48(56)50(51)58)41-61-44(52)39-37-35-33-31-29-27-25-20-18-16-14-12-10-8-6-4-2/h43,46-51,54-58H,3-42H2,1-2H3,(H,59,60)/t43-,46?,47-,48?,49?,50?,51?/m1/s1. The van der Waals surface area contributed by atoms with Crippen LogP contribution in [0.3, 0.4) is 0 Å². The number of aliphatic hydroxyl groups is 5. The van der Waals surface area contributed by atoms with E-state index in [1.165, 1.54) is 180 Å². The molecule has 1 rings (SSSR count). The number of hydrogen-bond donors (Lipinski definition) is 6. The fraction of sp³-hybridized carbons (Fsp3) is 0.961. The van der Waals surface area contributed by atoms with Gasteiger partial charge in [-0.2, -0.15) is 0 Å². The van der Waals surface area contributed by atoms with E-state index < -0.39 is 75.7 Å². The highest BCUT2D eigenvalue weighted by Gasteiger charge is 2.51. The zero-order valence-corrected chi connectivity index (χ0v) is 42.2. The predicted octanol–water partition coefficient (Wildman–Crippen LogP) is 11.6. The van der Waals surface area contributed by atoms with Gasteiger partial charge in [-0.15, -0.1) is 0 Å². The molecule has 0 bridgehead atoms. The van der Waals surface area contributed by atoms with Gasteiger partial charge in [-0.05, 0) is 12.8 Å². The summed E-state index contributed by atoms with van der Waals surface area (Å²) in [4.78, 5) is 35.9. The lowest BCUT2D eigenvalue weighted by Gasteiger charge is -2.41. The molecule has 6 N–H and O–H groups in total. The Balaban J connectivity index is 2.36. The SMILES string of the molecule is CCCCCCCCCCCCCCCCCCCCCCC(=O)O[C@H](COC(=O)CCCCCCCCCCCCCCCCCC)COP(=O)(O)OC1C(O)C(O)C(O)[C@@H](O)C1O. The molecule has 0 aromatic heterocycles. The molecule has 14 heteroatoms. The van der Waals surface area contributed by atoms with Crippen LogP contribution in [0.1, 0.15) is 258 Å². The molecule has 0 aromatic carbocycles. The number of unbranched alkanes of at least 4 members (excludes halogenated alkanes) is 34. The summed E-state index contributed by atoms with van der Waals surface area (Å²) in [7, 11) is -5.11. The highest BCUT2D eigenvalue weighted by molar-refractivity contribution is 7.47. The normalized spacial score (nSPS) is 21.3. The Bertz CT molecular complexity index is 1150. The number of ether oxygens (including phenoxy) is 2. The molecule has 0 aromatic rings. The van der Waals surface area contributed by atoms with Gasteiger partial charge in [0.1, 0.15) is 43.2 Å². The Morgan fingerprint density at radius 3 is 1.02 bits per heavy atom. The van der Waals surface area contributed by atoms with E-state index in [1.54, 1.807) is 0 Å². The van der Waals surface area contributed by atoms with Gasteiger partial charge < -0.3 is 39.9 Å². The Morgan fingerprint density at radius 2 is 0.692 bits per heavy atom. The van der Waals surface area contributed by atoms with Crippen LogP contribution in [0.2, 0.25) is 0 Å². The third-order valence-electron chi connectivity index (χ3n) is 12.9. The van der Waals surface area contributed by atoms with E-state index in [4.69, 9.17) is 18.5 Å². The number of rotatable bonds is 46. The first-order chi connectivity index (χ1) is 31.4. The molecule has 0 amide bonds. The summed E-state index contributed by atoms with van der Waals surface area (Å²) in [5.41, 5.74) is 0. The van der Waals surface area contributed by atoms with Crippen molar-refractivity contribution in [2.75, 3.05) is 13.2 Å². The van der Waals surface area contributed by atoms with Crippen LogP contribution in [0.5, 0.6) is 0 Å². The van der Waals surface area contributed by atoms with E-state index in [2.05, 4.69) is 13.8 Å². The number of aliphatic hydroxyl groups excluding tert-OH is 5. The average molecular weight is 951 g/mol. The van der Waals surface area contributed by atoms with Crippen molar-refractivity contribution in [2.45, 2.75) is 301 Å². The van der Waals surface area contributed by atoms with E-state index in [9.17, 15) is 44.6 Å². The molecule has 1 aliphatic rings. The number of hydrogen-bond acceptors (Lipinski definition) is 12. The molecule has 13 nitrogen and oxygen atoms in total. The fourth-order valence-electron chi connectivity index (χ4n) is 8.64. The van der Waals surface area contributed by atoms with Crippen molar-refractivity contribution < 1.29 is 63.1 Å². The fourth-order valence-corrected chi connectivity index (χ4v) is 9.62. The van der Waals surface area contributed by atoms with Crippen molar-refractivity contribution in [1.82, 2.24) is 0 Å². The lowest BCUT2D eigenvalue weighted by molar-refractivity contribution is -0.220. The molecular formula is C51H99O13P. The molecule has 65 heavy (non-hydrogen) atoms. The third-order valence-corrected chi connectivity index (χ3v) is 13.9. The largest absolute Gasteiger partial charge is 0.472 e. The van der Waals surface area contributed by atoms with Crippen molar-refractivity contribution in [1.29, 1.82) is 0 Å². The molecule has 0 heterocycles. The summed E-state index contributed by atoms with van der Waals surface area (Å²) in [5.74, 6) is -1.08. The van der Waals surface area contributed by atoms with Gasteiger partial charge >= 0.3 is 19.8 Å². The summed E-state index contributed by atoms with van der Waals surface area (Å²) >= 11 is 0. The Morgan fingerprint density at radius 1 is 0.415 bits per heavy atom. The van der Waals surface area contributed by atoms with Crippen molar-refractivity contribution in [3.8, 4) is 0 Å². The second-order valence-electron chi connectivity index (χ2n) is 19.1. The predicted molar refractivity (Wildman–Crippen MR) is 258 cm³/mol. The summed E-state index contributed by atoms with van der Waals surface area (Å²) in [6, 6.07) is 0. The Labute approximate surface area is 395 Å². The van der Waals surface area contributed by atoms with Crippen LogP contribution in [0, 0.1) is 0 Å². The minimum Gasteiger partial charge on any atom is -0.462 e. The highest BCUT2D eigenvalue weighted by Crippen LogP contribution is 2.47. The molecule has 0 saturated heterocycles. The smallest absolute Gasteiger partial charge is 0.462 e. The minimum absolute atomic E-state index is 0.106. The Hall–Kier alpha value is -1.15. The van der Waals surface area contributed by atoms with Crippen LogP contribution in [-0.4, -0.2) is 98.3 Å². The summed E-state index contributed by atoms with van der Waals surface area (Å²) < 4.78 is 33.7. The van der Waals surface area contributed by atoms with Gasteiger partial charge in [0.2, 0.25) is 0 Å². The highest BCUT2D eigenvalue weighted by atomic mass is 31.2. The minimum atomic E-state index is -5.11. The van der Waals surface area contributed by atoms with Crippen molar-refractivity contribution in [3.05, 3.63) is 0 Å². The monoisotopic (exact) mass is 951 g/mol. The van der Waals surface area contributed by atoms with E-state index in [0.717, 1.165) is 38.5 Å². The molecule has 0 spiro atoms. The number of carbonyl (C=O) groups excluding carboxylic acids is 2. The maximum absolute atomic E-state index is 12.9. The molecule has 8 atom stereocenters. The second-order valence-corrected chi connectivity index (χ2v) is 20.5. The zero-order chi connectivity index (χ0) is 47.8. The number of phosphoric ester groups is 1. The molecule has 1 aliphatic carbocycles.